The van der Waals surface area contributed by atoms with Crippen LogP contribution in [-0.2, 0) is 9.47 Å². The van der Waals surface area contributed by atoms with Gasteiger partial charge in [-0.2, -0.15) is 0 Å². The van der Waals surface area contributed by atoms with Crippen molar-refractivity contribution >= 4 is 0 Å². The summed E-state index contributed by atoms with van der Waals surface area (Å²) in [6, 6.07) is 0. The van der Waals surface area contributed by atoms with Gasteiger partial charge in [-0.1, -0.05) is 19.8 Å². The van der Waals surface area contributed by atoms with Crippen molar-refractivity contribution in [3.63, 3.8) is 0 Å². The van der Waals surface area contributed by atoms with Gasteiger partial charge in [-0.25, -0.2) is 0 Å². The molecule has 13 heavy (non-hydrogen) atoms. The molecule has 0 spiro atoms. The maximum Gasteiger partial charge on any atom is 0.0647 e. The third-order valence-corrected chi connectivity index (χ3v) is 2.61. The lowest BCUT2D eigenvalue weighted by atomic mass is 9.93. The molecule has 2 nitrogen and oxygen atoms in total. The molecule has 1 radical (unpaired) electrons. The van der Waals surface area contributed by atoms with Gasteiger partial charge in [0.1, 0.15) is 0 Å². The monoisotopic (exact) mass is 185 g/mol. The third-order valence-electron chi connectivity index (χ3n) is 2.61. The van der Waals surface area contributed by atoms with Gasteiger partial charge in [0.15, 0.2) is 0 Å². The molecule has 0 amide bonds. The molecule has 0 bridgehead atoms. The largest absolute Gasteiger partial charge is 0.381 e. The second-order valence-electron chi connectivity index (χ2n) is 3.61. The molecule has 1 heterocycles. The van der Waals surface area contributed by atoms with Crippen LogP contribution in [0.2, 0.25) is 0 Å². The van der Waals surface area contributed by atoms with Crippen molar-refractivity contribution in [2.75, 3.05) is 19.8 Å². The van der Waals surface area contributed by atoms with Gasteiger partial charge in [0.25, 0.3) is 0 Å². The van der Waals surface area contributed by atoms with Gasteiger partial charge in [-0.3, -0.25) is 0 Å². The van der Waals surface area contributed by atoms with Gasteiger partial charge in [0.05, 0.1) is 12.7 Å². The average molecular weight is 185 g/mol. The molecule has 2 heteroatoms. The van der Waals surface area contributed by atoms with E-state index in [4.69, 9.17) is 9.47 Å². The van der Waals surface area contributed by atoms with Crippen molar-refractivity contribution in [1.29, 1.82) is 0 Å². The highest BCUT2D eigenvalue weighted by Crippen LogP contribution is 2.22. The van der Waals surface area contributed by atoms with Crippen LogP contribution in [0.15, 0.2) is 0 Å². The normalized spacial score (nSPS) is 29.1. The number of ether oxygens (including phenoxy) is 2. The first kappa shape index (κ1) is 11.0. The zero-order chi connectivity index (χ0) is 9.52. The molecule has 0 aromatic rings. The molecule has 2 unspecified atom stereocenters. The maximum atomic E-state index is 5.69. The van der Waals surface area contributed by atoms with Gasteiger partial charge < -0.3 is 9.47 Å². The molecule has 0 aromatic carbocycles. The van der Waals surface area contributed by atoms with Crippen molar-refractivity contribution in [3.05, 3.63) is 6.92 Å². The SMILES string of the molecule is [CH2]CCCC1COCCC1OCC. The predicted molar refractivity (Wildman–Crippen MR) is 53.5 cm³/mol. The molecular weight excluding hydrogens is 164 g/mol. The molecule has 0 aromatic heterocycles. The Kier molecular flexibility index (Phi) is 5.40. The van der Waals surface area contributed by atoms with Crippen LogP contribution in [-0.4, -0.2) is 25.9 Å². The van der Waals surface area contributed by atoms with Crippen LogP contribution >= 0.6 is 0 Å². The molecule has 1 fully saturated rings. The van der Waals surface area contributed by atoms with Crippen LogP contribution in [0, 0.1) is 12.8 Å². The number of unbranched alkanes of at least 4 members (excludes halogenated alkanes) is 1. The molecule has 1 aliphatic rings. The summed E-state index contributed by atoms with van der Waals surface area (Å²) in [7, 11) is 0. The molecule has 2 atom stereocenters. The van der Waals surface area contributed by atoms with E-state index in [-0.39, 0.29) is 0 Å². The Morgan fingerprint density at radius 3 is 3.08 bits per heavy atom. The van der Waals surface area contributed by atoms with Crippen LogP contribution < -0.4 is 0 Å². The van der Waals surface area contributed by atoms with Crippen molar-refractivity contribution < 1.29 is 9.47 Å². The lowest BCUT2D eigenvalue weighted by molar-refractivity contribution is -0.0731. The van der Waals surface area contributed by atoms with E-state index in [0.29, 0.717) is 12.0 Å². The lowest BCUT2D eigenvalue weighted by Gasteiger charge is -2.31. The summed E-state index contributed by atoms with van der Waals surface area (Å²) in [6.07, 6.45) is 4.92. The Morgan fingerprint density at radius 1 is 1.54 bits per heavy atom. The topological polar surface area (TPSA) is 18.5 Å². The summed E-state index contributed by atoms with van der Waals surface area (Å²) < 4.78 is 11.1. The molecule has 0 N–H and O–H groups in total. The number of rotatable bonds is 5. The summed E-state index contributed by atoms with van der Waals surface area (Å²) in [5, 5.41) is 0. The summed E-state index contributed by atoms with van der Waals surface area (Å²) in [6.45, 7) is 8.49. The molecule has 0 saturated carbocycles. The quantitative estimate of drug-likeness (QED) is 0.655. The van der Waals surface area contributed by atoms with E-state index < -0.39 is 0 Å². The minimum Gasteiger partial charge on any atom is -0.381 e. The average Bonchev–Trinajstić information content (AvgIpc) is 2.17. The summed E-state index contributed by atoms with van der Waals surface area (Å²) in [4.78, 5) is 0. The van der Waals surface area contributed by atoms with Crippen LogP contribution in [0.1, 0.15) is 32.6 Å². The first-order chi connectivity index (χ1) is 6.38. The molecule has 1 rings (SSSR count). The van der Waals surface area contributed by atoms with Crippen molar-refractivity contribution in [2.24, 2.45) is 5.92 Å². The number of hydrogen-bond donors (Lipinski definition) is 0. The van der Waals surface area contributed by atoms with E-state index in [1.54, 1.807) is 0 Å². The Labute approximate surface area is 81.6 Å². The highest BCUT2D eigenvalue weighted by atomic mass is 16.5. The predicted octanol–water partition coefficient (Wildman–Crippen LogP) is 2.43. The zero-order valence-corrected chi connectivity index (χ0v) is 8.63. The van der Waals surface area contributed by atoms with Gasteiger partial charge >= 0.3 is 0 Å². The Balaban J connectivity index is 2.28. The van der Waals surface area contributed by atoms with Crippen LogP contribution in [0.5, 0.6) is 0 Å². The standard InChI is InChI=1S/C11H21O2/c1-3-5-6-10-9-12-8-7-11(10)13-4-2/h10-11H,1,3-9H2,2H3. The van der Waals surface area contributed by atoms with Crippen LogP contribution in [0.3, 0.4) is 0 Å². The first-order valence-corrected chi connectivity index (χ1v) is 5.37. The molecule has 1 saturated heterocycles. The molecule has 77 valence electrons. The van der Waals surface area contributed by atoms with Crippen LogP contribution in [0.4, 0.5) is 0 Å². The molecule has 0 aliphatic carbocycles. The van der Waals surface area contributed by atoms with Crippen LogP contribution in [0.25, 0.3) is 0 Å². The lowest BCUT2D eigenvalue weighted by Crippen LogP contribution is -2.34. The summed E-state index contributed by atoms with van der Waals surface area (Å²) >= 11 is 0. The second kappa shape index (κ2) is 6.39. The van der Waals surface area contributed by atoms with E-state index in [0.717, 1.165) is 32.7 Å². The van der Waals surface area contributed by atoms with Crippen molar-refractivity contribution in [2.45, 2.75) is 38.7 Å². The zero-order valence-electron chi connectivity index (χ0n) is 8.63. The van der Waals surface area contributed by atoms with Gasteiger partial charge in [0.2, 0.25) is 0 Å². The highest BCUT2D eigenvalue weighted by molar-refractivity contribution is 4.74. The second-order valence-corrected chi connectivity index (χ2v) is 3.61. The van der Waals surface area contributed by atoms with Gasteiger partial charge in [0, 0.05) is 19.1 Å². The fourth-order valence-corrected chi connectivity index (χ4v) is 1.89. The van der Waals surface area contributed by atoms with E-state index in [9.17, 15) is 0 Å². The van der Waals surface area contributed by atoms with E-state index in [1.165, 1.54) is 12.8 Å². The minimum atomic E-state index is 0.435. The smallest absolute Gasteiger partial charge is 0.0647 e. The highest BCUT2D eigenvalue weighted by Gasteiger charge is 2.25. The summed E-state index contributed by atoms with van der Waals surface area (Å²) in [5.74, 6) is 0.607. The number of hydrogen-bond acceptors (Lipinski definition) is 2. The van der Waals surface area contributed by atoms with Gasteiger partial charge in [-0.05, 0) is 19.8 Å². The van der Waals surface area contributed by atoms with E-state index in [2.05, 4.69) is 13.8 Å². The minimum absolute atomic E-state index is 0.435. The Bertz CT molecular complexity index is 123. The first-order valence-electron chi connectivity index (χ1n) is 5.37. The van der Waals surface area contributed by atoms with E-state index >= 15 is 0 Å². The summed E-state index contributed by atoms with van der Waals surface area (Å²) in [5.41, 5.74) is 0. The maximum absolute atomic E-state index is 5.69. The Morgan fingerprint density at radius 2 is 2.38 bits per heavy atom. The van der Waals surface area contributed by atoms with Crippen molar-refractivity contribution in [1.82, 2.24) is 0 Å². The van der Waals surface area contributed by atoms with E-state index in [1.807, 2.05) is 0 Å². The third kappa shape index (κ3) is 3.65. The van der Waals surface area contributed by atoms with Gasteiger partial charge in [-0.15, -0.1) is 0 Å². The van der Waals surface area contributed by atoms with Crippen molar-refractivity contribution in [3.8, 4) is 0 Å². The fourth-order valence-electron chi connectivity index (χ4n) is 1.89. The molecular formula is C11H21O2. The Hall–Kier alpha value is -0.0800. The fraction of sp³-hybridized carbons (Fsp3) is 0.909. The molecule has 1 aliphatic heterocycles.